The van der Waals surface area contributed by atoms with Crippen LogP contribution in [0.4, 0.5) is 0 Å². The number of benzene rings is 1. The molecule has 0 saturated carbocycles. The molecule has 0 fully saturated rings. The van der Waals surface area contributed by atoms with Crippen LogP contribution < -0.4 is 4.74 Å². The minimum Gasteiger partial charge on any atom is -0.477 e. The summed E-state index contributed by atoms with van der Waals surface area (Å²) in [5, 5.41) is 0.790. The molecule has 0 aliphatic rings. The predicted octanol–water partition coefficient (Wildman–Crippen LogP) is 3.18. The van der Waals surface area contributed by atoms with Crippen molar-refractivity contribution in [3.63, 3.8) is 0 Å². The van der Waals surface area contributed by atoms with Gasteiger partial charge in [-0.25, -0.2) is 9.97 Å². The van der Waals surface area contributed by atoms with Gasteiger partial charge in [-0.1, -0.05) is 30.3 Å². The highest BCUT2D eigenvalue weighted by atomic mass is 16.5. The van der Waals surface area contributed by atoms with Gasteiger partial charge in [-0.3, -0.25) is 4.79 Å². The summed E-state index contributed by atoms with van der Waals surface area (Å²) in [6.07, 6.45) is 7.32. The van der Waals surface area contributed by atoms with Gasteiger partial charge >= 0.3 is 0 Å². The fourth-order valence-corrected chi connectivity index (χ4v) is 2.32. The van der Waals surface area contributed by atoms with Gasteiger partial charge in [-0.2, -0.15) is 0 Å². The molecule has 0 unspecified atom stereocenters. The lowest BCUT2D eigenvalue weighted by Gasteiger charge is -2.06. The number of ketones is 1. The molecule has 0 aliphatic heterocycles. The number of hydrogen-bond donors (Lipinski definition) is 1. The molecule has 0 amide bonds. The molecule has 1 N–H and O–H groups in total. The van der Waals surface area contributed by atoms with E-state index in [2.05, 4.69) is 27.1 Å². The second-order valence-electron chi connectivity index (χ2n) is 5.17. The standard InChI is InChI=1S/C18H17N3O2/c1-13(22)7-8-15-11-19-17-16(15)18(21-12-20-17)23-10-9-14-5-3-2-4-6-14/h2-8,11-12H,9-10H2,1H3,(H,19,20,21)/b8-7+. The van der Waals surface area contributed by atoms with E-state index in [0.717, 1.165) is 17.4 Å². The molecule has 0 spiro atoms. The quantitative estimate of drug-likeness (QED) is 0.710. The molecule has 23 heavy (non-hydrogen) atoms. The lowest BCUT2D eigenvalue weighted by Crippen LogP contribution is -2.03. The predicted molar refractivity (Wildman–Crippen MR) is 89.2 cm³/mol. The monoisotopic (exact) mass is 307 g/mol. The maximum absolute atomic E-state index is 11.1. The Balaban J connectivity index is 1.80. The van der Waals surface area contributed by atoms with Gasteiger partial charge in [0.05, 0.1) is 12.0 Å². The van der Waals surface area contributed by atoms with Crippen LogP contribution >= 0.6 is 0 Å². The van der Waals surface area contributed by atoms with E-state index >= 15 is 0 Å². The Bertz CT molecular complexity index is 838. The molecule has 3 rings (SSSR count). The van der Waals surface area contributed by atoms with Gasteiger partial charge < -0.3 is 9.72 Å². The number of H-pyrrole nitrogens is 1. The van der Waals surface area contributed by atoms with Crippen LogP contribution in [-0.2, 0) is 11.2 Å². The van der Waals surface area contributed by atoms with Gasteiger partial charge in [0.15, 0.2) is 5.78 Å². The van der Waals surface area contributed by atoms with Crippen molar-refractivity contribution in [3.8, 4) is 5.88 Å². The highest BCUT2D eigenvalue weighted by molar-refractivity contribution is 5.96. The van der Waals surface area contributed by atoms with E-state index in [1.807, 2.05) is 18.2 Å². The summed E-state index contributed by atoms with van der Waals surface area (Å²) in [7, 11) is 0. The molecular weight excluding hydrogens is 290 g/mol. The first-order chi connectivity index (χ1) is 11.2. The highest BCUT2D eigenvalue weighted by Gasteiger charge is 2.10. The molecule has 0 radical (unpaired) electrons. The Kier molecular flexibility index (Phi) is 4.47. The Morgan fingerprint density at radius 3 is 2.87 bits per heavy atom. The number of carbonyl (C=O) groups is 1. The van der Waals surface area contributed by atoms with Crippen molar-refractivity contribution in [1.82, 2.24) is 15.0 Å². The normalized spacial score (nSPS) is 11.2. The molecule has 0 atom stereocenters. The lowest BCUT2D eigenvalue weighted by molar-refractivity contribution is -0.112. The maximum Gasteiger partial charge on any atom is 0.226 e. The first-order valence-corrected chi connectivity index (χ1v) is 7.41. The zero-order valence-electron chi connectivity index (χ0n) is 12.8. The van der Waals surface area contributed by atoms with E-state index < -0.39 is 0 Å². The molecule has 116 valence electrons. The number of fused-ring (bicyclic) bond motifs is 1. The Morgan fingerprint density at radius 2 is 2.09 bits per heavy atom. The molecule has 0 saturated heterocycles. The van der Waals surface area contributed by atoms with Crippen molar-refractivity contribution < 1.29 is 9.53 Å². The second kappa shape index (κ2) is 6.87. The van der Waals surface area contributed by atoms with Gasteiger partial charge in [0.2, 0.25) is 5.88 Å². The zero-order chi connectivity index (χ0) is 16.1. The van der Waals surface area contributed by atoms with Crippen LogP contribution in [0.5, 0.6) is 5.88 Å². The number of hydrogen-bond acceptors (Lipinski definition) is 4. The SMILES string of the molecule is CC(=O)/C=C/c1c[nH]c2ncnc(OCCc3ccccc3)c12. The van der Waals surface area contributed by atoms with Gasteiger partial charge in [0.1, 0.15) is 12.0 Å². The van der Waals surface area contributed by atoms with Crippen molar-refractivity contribution in [2.45, 2.75) is 13.3 Å². The van der Waals surface area contributed by atoms with Gasteiger partial charge in [0.25, 0.3) is 0 Å². The fourth-order valence-electron chi connectivity index (χ4n) is 2.32. The Hall–Kier alpha value is -2.95. The van der Waals surface area contributed by atoms with Crippen molar-refractivity contribution in [3.05, 3.63) is 60.1 Å². The van der Waals surface area contributed by atoms with Crippen LogP contribution in [-0.4, -0.2) is 27.3 Å². The van der Waals surface area contributed by atoms with E-state index in [1.54, 1.807) is 12.3 Å². The number of aromatic amines is 1. The number of allylic oxidation sites excluding steroid dienone is 1. The fraction of sp³-hybridized carbons (Fsp3) is 0.167. The molecule has 1 aromatic carbocycles. The third-order valence-corrected chi connectivity index (χ3v) is 3.44. The van der Waals surface area contributed by atoms with Crippen LogP contribution in [0.1, 0.15) is 18.1 Å². The van der Waals surface area contributed by atoms with E-state index in [1.165, 1.54) is 24.9 Å². The summed E-state index contributed by atoms with van der Waals surface area (Å²) in [6, 6.07) is 10.1. The van der Waals surface area contributed by atoms with Crippen LogP contribution in [0.15, 0.2) is 48.9 Å². The van der Waals surface area contributed by atoms with Crippen molar-refractivity contribution >= 4 is 22.9 Å². The van der Waals surface area contributed by atoms with Crippen molar-refractivity contribution in [2.75, 3.05) is 6.61 Å². The molecule has 2 heterocycles. The lowest BCUT2D eigenvalue weighted by atomic mass is 10.2. The number of carbonyl (C=O) groups excluding carboxylic acids is 1. The maximum atomic E-state index is 11.1. The van der Waals surface area contributed by atoms with Gasteiger partial charge in [-0.05, 0) is 24.6 Å². The van der Waals surface area contributed by atoms with E-state index in [4.69, 9.17) is 4.74 Å². The minimum absolute atomic E-state index is 0.0113. The first kappa shape index (κ1) is 15.0. The average Bonchev–Trinajstić information content (AvgIpc) is 2.98. The number of nitrogens with one attached hydrogen (secondary N) is 1. The molecule has 0 bridgehead atoms. The summed E-state index contributed by atoms with van der Waals surface area (Å²) in [4.78, 5) is 22.6. The minimum atomic E-state index is -0.0113. The van der Waals surface area contributed by atoms with E-state index in [-0.39, 0.29) is 5.78 Å². The highest BCUT2D eigenvalue weighted by Crippen LogP contribution is 2.26. The molecule has 5 nitrogen and oxygen atoms in total. The van der Waals surface area contributed by atoms with Crippen molar-refractivity contribution in [1.29, 1.82) is 0 Å². The average molecular weight is 307 g/mol. The third kappa shape index (κ3) is 3.63. The second-order valence-corrected chi connectivity index (χ2v) is 5.17. The summed E-state index contributed by atoms with van der Waals surface area (Å²) in [5.41, 5.74) is 2.74. The van der Waals surface area contributed by atoms with Crippen LogP contribution in [0, 0.1) is 0 Å². The summed E-state index contributed by atoms with van der Waals surface area (Å²) in [6.45, 7) is 2.04. The van der Waals surface area contributed by atoms with Crippen LogP contribution in [0.3, 0.4) is 0 Å². The largest absolute Gasteiger partial charge is 0.477 e. The zero-order valence-corrected chi connectivity index (χ0v) is 12.8. The number of ether oxygens (including phenoxy) is 1. The van der Waals surface area contributed by atoms with Gasteiger partial charge in [0, 0.05) is 18.2 Å². The van der Waals surface area contributed by atoms with E-state index in [9.17, 15) is 4.79 Å². The Morgan fingerprint density at radius 1 is 1.26 bits per heavy atom. The van der Waals surface area contributed by atoms with Crippen molar-refractivity contribution in [2.24, 2.45) is 0 Å². The third-order valence-electron chi connectivity index (χ3n) is 3.44. The summed E-state index contributed by atoms with van der Waals surface area (Å²) >= 11 is 0. The molecule has 3 aromatic rings. The van der Waals surface area contributed by atoms with Crippen LogP contribution in [0.2, 0.25) is 0 Å². The van der Waals surface area contributed by atoms with E-state index in [0.29, 0.717) is 18.1 Å². The number of nitrogens with zero attached hydrogens (tertiary/aromatic N) is 2. The first-order valence-electron chi connectivity index (χ1n) is 7.41. The summed E-state index contributed by atoms with van der Waals surface area (Å²) < 4.78 is 5.84. The molecular formula is C18H17N3O2. The summed E-state index contributed by atoms with van der Waals surface area (Å²) in [5.74, 6) is 0.512. The topological polar surface area (TPSA) is 67.9 Å². The molecule has 5 heteroatoms. The Labute approximate surface area is 134 Å². The molecule has 0 aliphatic carbocycles. The van der Waals surface area contributed by atoms with Crippen LogP contribution in [0.25, 0.3) is 17.1 Å². The molecule has 2 aromatic heterocycles. The number of aromatic nitrogens is 3. The van der Waals surface area contributed by atoms with Gasteiger partial charge in [-0.15, -0.1) is 0 Å². The number of rotatable bonds is 6. The smallest absolute Gasteiger partial charge is 0.226 e.